The molecule has 0 bridgehead atoms. The summed E-state index contributed by atoms with van der Waals surface area (Å²) in [5.41, 5.74) is 1.17. The highest BCUT2D eigenvalue weighted by Crippen LogP contribution is 2.27. The molecule has 2 aromatic carbocycles. The average molecular weight is 506 g/mol. The summed E-state index contributed by atoms with van der Waals surface area (Å²) in [6.45, 7) is 5.77. The minimum atomic E-state index is -3.61. The molecule has 0 aliphatic rings. The lowest BCUT2D eigenvalue weighted by Crippen LogP contribution is -2.32. The maximum atomic E-state index is 13.0. The van der Waals surface area contributed by atoms with Gasteiger partial charge in [-0.05, 0) is 49.2 Å². The molecule has 0 saturated carbocycles. The number of thiazole rings is 1. The van der Waals surface area contributed by atoms with Crippen molar-refractivity contribution in [3.05, 3.63) is 52.8 Å². The number of sulfonamides is 1. The maximum Gasteiger partial charge on any atom is 0.279 e. The van der Waals surface area contributed by atoms with E-state index in [1.807, 2.05) is 36.6 Å². The van der Waals surface area contributed by atoms with Crippen LogP contribution in [0.4, 0.5) is 0 Å². The minimum absolute atomic E-state index is 0.174. The van der Waals surface area contributed by atoms with Gasteiger partial charge in [-0.15, -0.1) is 0 Å². The van der Waals surface area contributed by atoms with Gasteiger partial charge in [-0.25, -0.2) is 8.42 Å². The van der Waals surface area contributed by atoms with E-state index in [1.54, 1.807) is 14.2 Å². The molecule has 0 spiro atoms. The van der Waals surface area contributed by atoms with E-state index < -0.39 is 15.9 Å². The van der Waals surface area contributed by atoms with Gasteiger partial charge >= 0.3 is 0 Å². The first kappa shape index (κ1) is 26.1. The molecule has 0 N–H and O–H groups in total. The zero-order chi connectivity index (χ0) is 24.7. The fourth-order valence-electron chi connectivity index (χ4n) is 3.66. The third-order valence-electron chi connectivity index (χ3n) is 5.29. The van der Waals surface area contributed by atoms with Crippen molar-refractivity contribution < 1.29 is 22.7 Å². The zero-order valence-corrected chi connectivity index (χ0v) is 21.6. The molecular formula is C24H31N3O5S2. The SMILES string of the molecule is CCCN(CCC)S(=O)(=O)c1ccc(C(=O)N=c2sc3cccc(OC)c3n2CCOC)cc1. The Hall–Kier alpha value is -2.53. The Balaban J connectivity index is 1.97. The molecule has 0 fully saturated rings. The number of amides is 1. The molecule has 1 heterocycles. The second-order valence-electron chi connectivity index (χ2n) is 7.68. The van der Waals surface area contributed by atoms with Gasteiger partial charge in [-0.2, -0.15) is 9.30 Å². The number of carbonyl (C=O) groups is 1. The molecule has 0 aliphatic heterocycles. The summed E-state index contributed by atoms with van der Waals surface area (Å²) in [5.74, 6) is 0.247. The number of nitrogens with zero attached hydrogens (tertiary/aromatic N) is 3. The number of benzene rings is 2. The number of carbonyl (C=O) groups excluding carboxylic acids is 1. The summed E-state index contributed by atoms with van der Waals surface area (Å²) in [4.78, 5) is 18.0. The van der Waals surface area contributed by atoms with Crippen molar-refractivity contribution in [2.24, 2.45) is 4.99 Å². The first-order valence-corrected chi connectivity index (χ1v) is 13.5. The largest absolute Gasteiger partial charge is 0.495 e. The number of hydrogen-bond acceptors (Lipinski definition) is 6. The van der Waals surface area contributed by atoms with Crippen LogP contribution >= 0.6 is 11.3 Å². The molecular weight excluding hydrogens is 474 g/mol. The Morgan fingerprint density at radius 1 is 1.06 bits per heavy atom. The lowest BCUT2D eigenvalue weighted by Gasteiger charge is -2.21. The summed E-state index contributed by atoms with van der Waals surface area (Å²) in [6.07, 6.45) is 1.47. The maximum absolute atomic E-state index is 13.0. The molecule has 0 aliphatic carbocycles. The molecule has 8 nitrogen and oxygen atoms in total. The van der Waals surface area contributed by atoms with Gasteiger partial charge in [0.15, 0.2) is 4.80 Å². The number of methoxy groups -OCH3 is 2. The fraction of sp³-hybridized carbons (Fsp3) is 0.417. The van der Waals surface area contributed by atoms with Gasteiger partial charge in [-0.3, -0.25) is 4.79 Å². The number of aromatic nitrogens is 1. The molecule has 3 aromatic rings. The highest BCUT2D eigenvalue weighted by Gasteiger charge is 2.23. The van der Waals surface area contributed by atoms with Crippen molar-refractivity contribution in [2.45, 2.75) is 38.1 Å². The minimum Gasteiger partial charge on any atom is -0.495 e. The first-order chi connectivity index (χ1) is 16.4. The predicted molar refractivity (Wildman–Crippen MR) is 134 cm³/mol. The topological polar surface area (TPSA) is 90.2 Å². The van der Waals surface area contributed by atoms with Crippen molar-refractivity contribution in [3.8, 4) is 5.75 Å². The molecule has 1 aromatic heterocycles. The van der Waals surface area contributed by atoms with Crippen molar-refractivity contribution in [2.75, 3.05) is 33.9 Å². The normalized spacial score (nSPS) is 12.6. The van der Waals surface area contributed by atoms with Crippen LogP contribution in [0.1, 0.15) is 37.0 Å². The second kappa shape index (κ2) is 11.7. The van der Waals surface area contributed by atoms with E-state index >= 15 is 0 Å². The standard InChI is InChI=1S/C24H31N3O5S2/c1-5-14-26(15-6-2)34(29,30)19-12-10-18(11-13-19)23(28)25-24-27(16-17-31-3)22-20(32-4)8-7-9-21(22)33-24/h7-13H,5-6,14-17H2,1-4H3. The van der Waals surface area contributed by atoms with Crippen molar-refractivity contribution in [1.82, 2.24) is 8.87 Å². The van der Waals surface area contributed by atoms with Gasteiger partial charge in [0.1, 0.15) is 11.3 Å². The van der Waals surface area contributed by atoms with Crippen molar-refractivity contribution >= 4 is 37.5 Å². The third-order valence-corrected chi connectivity index (χ3v) is 8.24. The summed E-state index contributed by atoms with van der Waals surface area (Å²) >= 11 is 1.39. The van der Waals surface area contributed by atoms with E-state index in [-0.39, 0.29) is 4.90 Å². The predicted octanol–water partition coefficient (Wildman–Crippen LogP) is 3.91. The van der Waals surface area contributed by atoms with Crippen LogP contribution in [-0.4, -0.2) is 57.1 Å². The molecule has 34 heavy (non-hydrogen) atoms. The second-order valence-corrected chi connectivity index (χ2v) is 10.6. The first-order valence-electron chi connectivity index (χ1n) is 11.2. The van der Waals surface area contributed by atoms with Gasteiger partial charge in [0.2, 0.25) is 10.0 Å². The Morgan fingerprint density at radius 2 is 1.74 bits per heavy atom. The van der Waals surface area contributed by atoms with Crippen LogP contribution in [-0.2, 0) is 21.3 Å². The lowest BCUT2D eigenvalue weighted by atomic mass is 10.2. The summed E-state index contributed by atoms with van der Waals surface area (Å²) < 4.78 is 41.0. The molecule has 3 rings (SSSR count). The number of rotatable bonds is 11. The molecule has 1 amide bonds. The van der Waals surface area contributed by atoms with Crippen LogP contribution in [0.3, 0.4) is 0 Å². The number of ether oxygens (including phenoxy) is 2. The van der Waals surface area contributed by atoms with E-state index in [0.717, 1.165) is 23.1 Å². The molecule has 184 valence electrons. The molecule has 0 radical (unpaired) electrons. The summed E-state index contributed by atoms with van der Waals surface area (Å²) in [6, 6.07) is 11.7. The highest BCUT2D eigenvalue weighted by molar-refractivity contribution is 7.89. The summed E-state index contributed by atoms with van der Waals surface area (Å²) in [7, 11) is -0.386. The van der Waals surface area contributed by atoms with Crippen molar-refractivity contribution in [1.29, 1.82) is 0 Å². The molecule has 10 heteroatoms. The van der Waals surface area contributed by atoms with Gasteiger partial charge in [0, 0.05) is 32.3 Å². The highest BCUT2D eigenvalue weighted by atomic mass is 32.2. The van der Waals surface area contributed by atoms with E-state index in [9.17, 15) is 13.2 Å². The zero-order valence-electron chi connectivity index (χ0n) is 20.0. The van der Waals surface area contributed by atoms with E-state index in [0.29, 0.717) is 42.4 Å². The van der Waals surface area contributed by atoms with E-state index in [4.69, 9.17) is 9.47 Å². The van der Waals surface area contributed by atoms with Crippen LogP contribution in [0, 0.1) is 0 Å². The smallest absolute Gasteiger partial charge is 0.279 e. The van der Waals surface area contributed by atoms with Crippen LogP contribution in [0.15, 0.2) is 52.4 Å². The van der Waals surface area contributed by atoms with Crippen molar-refractivity contribution in [3.63, 3.8) is 0 Å². The van der Waals surface area contributed by atoms with Crippen LogP contribution < -0.4 is 9.54 Å². The van der Waals surface area contributed by atoms with Crippen LogP contribution in [0.5, 0.6) is 5.75 Å². The average Bonchev–Trinajstić information content (AvgIpc) is 3.19. The molecule has 0 unspecified atom stereocenters. The van der Waals surface area contributed by atoms with Gasteiger partial charge in [0.05, 0.1) is 23.3 Å². The third kappa shape index (κ3) is 5.57. The fourth-order valence-corrected chi connectivity index (χ4v) is 6.35. The van der Waals surface area contributed by atoms with E-state index in [1.165, 1.54) is 39.9 Å². The Bertz CT molecular complexity index is 1290. The van der Waals surface area contributed by atoms with Gasteiger partial charge in [0.25, 0.3) is 5.91 Å². The molecule has 0 atom stereocenters. The van der Waals surface area contributed by atoms with Crippen LogP contribution in [0.2, 0.25) is 0 Å². The van der Waals surface area contributed by atoms with E-state index in [2.05, 4.69) is 4.99 Å². The number of hydrogen-bond donors (Lipinski definition) is 0. The quantitative estimate of drug-likeness (QED) is 0.394. The number of para-hydroxylation sites is 1. The van der Waals surface area contributed by atoms with Gasteiger partial charge < -0.3 is 14.0 Å². The van der Waals surface area contributed by atoms with Crippen LogP contribution in [0.25, 0.3) is 10.2 Å². The lowest BCUT2D eigenvalue weighted by molar-refractivity contribution is 0.0997. The Morgan fingerprint density at radius 3 is 2.32 bits per heavy atom. The van der Waals surface area contributed by atoms with Gasteiger partial charge in [-0.1, -0.05) is 31.3 Å². The number of fused-ring (bicyclic) bond motifs is 1. The Kier molecular flexibility index (Phi) is 9.01. The molecule has 0 saturated heterocycles. The Labute approximate surface area is 204 Å². The monoisotopic (exact) mass is 505 g/mol. The summed E-state index contributed by atoms with van der Waals surface area (Å²) in [5, 5.41) is 0.